The number of aliphatic hydroxyl groups is 1. The second-order valence-corrected chi connectivity index (χ2v) is 7.65. The fourth-order valence-electron chi connectivity index (χ4n) is 3.34. The van der Waals surface area contributed by atoms with Gasteiger partial charge in [0.25, 0.3) is 0 Å². The molecule has 0 unspecified atom stereocenters. The number of fused-ring (bicyclic) bond motifs is 1. The number of halogens is 1. The van der Waals surface area contributed by atoms with Gasteiger partial charge in [-0.25, -0.2) is 19.3 Å². The second-order valence-electron chi connectivity index (χ2n) is 7.65. The monoisotopic (exact) mass is 380 g/mol. The summed E-state index contributed by atoms with van der Waals surface area (Å²) in [5.41, 5.74) is 6.69. The van der Waals surface area contributed by atoms with E-state index in [1.807, 2.05) is 6.20 Å². The Morgan fingerprint density at radius 1 is 1.29 bits per heavy atom. The van der Waals surface area contributed by atoms with Crippen LogP contribution in [0.2, 0.25) is 0 Å². The highest BCUT2D eigenvalue weighted by Gasteiger charge is 2.28. The van der Waals surface area contributed by atoms with Gasteiger partial charge in [-0.3, -0.25) is 0 Å². The van der Waals surface area contributed by atoms with E-state index in [-0.39, 0.29) is 17.7 Å². The maximum atomic E-state index is 14.5. The average molecular weight is 380 g/mol. The van der Waals surface area contributed by atoms with Gasteiger partial charge in [0.15, 0.2) is 5.82 Å². The fourth-order valence-corrected chi connectivity index (χ4v) is 3.34. The van der Waals surface area contributed by atoms with E-state index in [0.717, 1.165) is 30.2 Å². The summed E-state index contributed by atoms with van der Waals surface area (Å²) in [6.07, 6.45) is 4.70. The van der Waals surface area contributed by atoms with Crippen LogP contribution in [0.4, 0.5) is 10.3 Å². The Morgan fingerprint density at radius 2 is 2.04 bits per heavy atom. The summed E-state index contributed by atoms with van der Waals surface area (Å²) < 4.78 is 16.6. The number of hydrogen-bond donors (Lipinski definition) is 2. The van der Waals surface area contributed by atoms with E-state index in [2.05, 4.69) is 43.3 Å². The van der Waals surface area contributed by atoms with Gasteiger partial charge in [-0.1, -0.05) is 5.92 Å². The Kier molecular flexibility index (Phi) is 4.29. The number of pyridine rings is 1. The highest BCUT2D eigenvalue weighted by Crippen LogP contribution is 2.35. The maximum Gasteiger partial charge on any atom is 0.220 e. The Balaban J connectivity index is 1.91. The lowest BCUT2D eigenvalue weighted by molar-refractivity contribution is 0.143. The Hall–Kier alpha value is -3.02. The van der Waals surface area contributed by atoms with E-state index < -0.39 is 11.4 Å². The normalized spacial score (nSPS) is 15.3. The Morgan fingerprint density at radius 3 is 2.71 bits per heavy atom. The quantitative estimate of drug-likeness (QED) is 0.659. The van der Waals surface area contributed by atoms with Crippen LogP contribution in [0.25, 0.3) is 22.2 Å². The van der Waals surface area contributed by atoms with Crippen LogP contribution in [0.1, 0.15) is 25.6 Å². The van der Waals surface area contributed by atoms with Crippen LogP contribution in [0.15, 0.2) is 24.7 Å². The topological polar surface area (TPSA) is 93.1 Å². The Bertz CT molecular complexity index is 1120. The largest absolute Gasteiger partial charge is 0.378 e. The van der Waals surface area contributed by atoms with E-state index in [1.165, 1.54) is 0 Å². The van der Waals surface area contributed by atoms with Crippen molar-refractivity contribution in [2.45, 2.75) is 25.5 Å². The highest BCUT2D eigenvalue weighted by molar-refractivity contribution is 5.95. The maximum absolute atomic E-state index is 14.5. The fraction of sp³-hybridized carbons (Fsp3) is 0.350. The van der Waals surface area contributed by atoms with Crippen LogP contribution in [-0.4, -0.2) is 55.3 Å². The molecule has 4 heterocycles. The number of rotatable bonds is 2. The van der Waals surface area contributed by atoms with Gasteiger partial charge in [-0.2, -0.15) is 0 Å². The molecule has 0 spiro atoms. The van der Waals surface area contributed by atoms with Gasteiger partial charge in [-0.15, -0.1) is 0 Å². The second kappa shape index (κ2) is 6.55. The van der Waals surface area contributed by atoms with Gasteiger partial charge < -0.3 is 20.3 Å². The summed E-state index contributed by atoms with van der Waals surface area (Å²) in [4.78, 5) is 14.4. The smallest absolute Gasteiger partial charge is 0.220 e. The van der Waals surface area contributed by atoms with Crippen molar-refractivity contribution in [1.29, 1.82) is 0 Å². The molecule has 3 aromatic rings. The van der Waals surface area contributed by atoms with Crippen molar-refractivity contribution in [3.05, 3.63) is 36.2 Å². The third-order valence-electron chi connectivity index (χ3n) is 4.67. The van der Waals surface area contributed by atoms with E-state index in [9.17, 15) is 9.50 Å². The minimum absolute atomic E-state index is 0.0109. The molecule has 0 bridgehead atoms. The lowest BCUT2D eigenvalue weighted by Crippen LogP contribution is -2.44. The first kappa shape index (κ1) is 18.3. The molecule has 4 rings (SSSR count). The Labute approximate surface area is 162 Å². The van der Waals surface area contributed by atoms with Crippen molar-refractivity contribution in [3.8, 4) is 23.1 Å². The molecule has 0 aliphatic carbocycles. The average Bonchev–Trinajstić information content (AvgIpc) is 2.97. The number of likely N-dealkylation sites (tertiary alicyclic amines) is 1. The van der Waals surface area contributed by atoms with Gasteiger partial charge in [0, 0.05) is 30.2 Å². The van der Waals surface area contributed by atoms with Crippen LogP contribution < -0.4 is 5.73 Å². The summed E-state index contributed by atoms with van der Waals surface area (Å²) >= 11 is 0. The predicted molar refractivity (Wildman–Crippen MR) is 105 cm³/mol. The standard InChI is InChI=1S/C20H21FN6O/c1-20(2,28)5-4-12-6-14-15(18-16(21)7-24-19(22)25-18)11-27(17(14)8-23-12)13-9-26(3)10-13/h6-8,11,13,28H,9-10H2,1-3H3,(H2,22,24,25). The molecular weight excluding hydrogens is 359 g/mol. The van der Waals surface area contributed by atoms with E-state index >= 15 is 0 Å². The van der Waals surface area contributed by atoms with Crippen molar-refractivity contribution < 1.29 is 9.50 Å². The number of anilines is 1. The molecule has 0 radical (unpaired) electrons. The zero-order valence-corrected chi connectivity index (χ0v) is 15.9. The molecule has 0 saturated carbocycles. The molecule has 144 valence electrons. The van der Waals surface area contributed by atoms with Gasteiger partial charge in [0.2, 0.25) is 5.95 Å². The van der Waals surface area contributed by atoms with Crippen molar-refractivity contribution in [3.63, 3.8) is 0 Å². The first-order chi connectivity index (χ1) is 13.2. The van der Waals surface area contributed by atoms with E-state index in [1.54, 1.807) is 26.1 Å². The van der Waals surface area contributed by atoms with Crippen molar-refractivity contribution in [2.24, 2.45) is 0 Å². The molecule has 7 nitrogen and oxygen atoms in total. The first-order valence-electron chi connectivity index (χ1n) is 8.94. The third kappa shape index (κ3) is 3.42. The molecule has 3 aromatic heterocycles. The zero-order valence-electron chi connectivity index (χ0n) is 15.9. The molecule has 1 fully saturated rings. The molecule has 1 aliphatic heterocycles. The van der Waals surface area contributed by atoms with Crippen LogP contribution in [0.3, 0.4) is 0 Å². The SMILES string of the molecule is CN1CC(n2cc(-c3nc(N)ncc3F)c3cc(C#CC(C)(C)O)ncc32)C1. The van der Waals surface area contributed by atoms with Crippen molar-refractivity contribution in [2.75, 3.05) is 25.9 Å². The van der Waals surface area contributed by atoms with Gasteiger partial charge >= 0.3 is 0 Å². The molecule has 8 heteroatoms. The van der Waals surface area contributed by atoms with Crippen molar-refractivity contribution >= 4 is 16.9 Å². The third-order valence-corrected chi connectivity index (χ3v) is 4.67. The molecule has 0 atom stereocenters. The number of nitrogens with zero attached hydrogens (tertiary/aromatic N) is 5. The molecule has 28 heavy (non-hydrogen) atoms. The van der Waals surface area contributed by atoms with E-state index in [0.29, 0.717) is 11.3 Å². The molecule has 3 N–H and O–H groups in total. The van der Waals surface area contributed by atoms with Gasteiger partial charge in [-0.05, 0) is 32.9 Å². The minimum Gasteiger partial charge on any atom is -0.378 e. The summed E-state index contributed by atoms with van der Waals surface area (Å²) in [5, 5.41) is 10.6. The number of likely N-dealkylation sites (N-methyl/N-ethyl adjacent to an activating group) is 1. The number of nitrogen functional groups attached to an aromatic ring is 1. The lowest BCUT2D eigenvalue weighted by atomic mass is 10.1. The summed E-state index contributed by atoms with van der Waals surface area (Å²) in [6.45, 7) is 5.01. The van der Waals surface area contributed by atoms with Gasteiger partial charge in [0.1, 0.15) is 17.0 Å². The van der Waals surface area contributed by atoms with Crippen molar-refractivity contribution in [1.82, 2.24) is 24.4 Å². The van der Waals surface area contributed by atoms with Gasteiger partial charge in [0.05, 0.1) is 24.0 Å². The summed E-state index contributed by atoms with van der Waals surface area (Å²) in [7, 11) is 2.05. The van der Waals surface area contributed by atoms with Crippen LogP contribution in [0.5, 0.6) is 0 Å². The van der Waals surface area contributed by atoms with Crippen LogP contribution >= 0.6 is 0 Å². The van der Waals surface area contributed by atoms with Crippen LogP contribution in [0, 0.1) is 17.7 Å². The number of aromatic nitrogens is 4. The zero-order chi connectivity index (χ0) is 20.1. The lowest BCUT2D eigenvalue weighted by Gasteiger charge is -2.37. The van der Waals surface area contributed by atoms with Crippen LogP contribution in [-0.2, 0) is 0 Å². The number of nitrogens with two attached hydrogens (primary N) is 1. The van der Waals surface area contributed by atoms with E-state index in [4.69, 9.17) is 5.73 Å². The summed E-state index contributed by atoms with van der Waals surface area (Å²) in [5.74, 6) is 5.09. The predicted octanol–water partition coefficient (Wildman–Crippen LogP) is 1.82. The molecular formula is C20H21FN6O. The highest BCUT2D eigenvalue weighted by atomic mass is 19.1. The minimum atomic E-state index is -1.13. The molecule has 1 aliphatic rings. The summed E-state index contributed by atoms with van der Waals surface area (Å²) in [6, 6.07) is 2.07. The number of hydrogen-bond acceptors (Lipinski definition) is 6. The first-order valence-corrected chi connectivity index (χ1v) is 8.94. The molecule has 1 saturated heterocycles. The molecule has 0 amide bonds. The molecule has 0 aromatic carbocycles.